The number of thioether (sulfide) groups is 1. The van der Waals surface area contributed by atoms with Crippen LogP contribution in [0.15, 0.2) is 28.5 Å². The molecule has 0 radical (unpaired) electrons. The van der Waals surface area contributed by atoms with E-state index in [0.717, 1.165) is 11.8 Å². The first-order valence-electron chi connectivity index (χ1n) is 4.20. The van der Waals surface area contributed by atoms with E-state index >= 15 is 0 Å². The molecule has 0 aliphatic rings. The zero-order chi connectivity index (χ0) is 10.8. The molecule has 0 atom stereocenters. The molecule has 1 aromatic heterocycles. The summed E-state index contributed by atoms with van der Waals surface area (Å²) in [6.07, 6.45) is 0. The fraction of sp³-hybridized carbons (Fsp3) is 0.111. The van der Waals surface area contributed by atoms with E-state index in [4.69, 9.17) is 0 Å². The number of benzene rings is 1. The summed E-state index contributed by atoms with van der Waals surface area (Å²) in [6, 6.07) is 4.87. The molecule has 5 nitrogen and oxygen atoms in total. The van der Waals surface area contributed by atoms with E-state index in [9.17, 15) is 9.70 Å². The number of hydrogen-bond acceptors (Lipinski definition) is 5. The minimum atomic E-state index is -0.0391. The number of nitrogens with zero attached hydrogens (tertiary/aromatic N) is 2. The maximum absolute atomic E-state index is 10.8. The van der Waals surface area contributed by atoms with Gasteiger partial charge in [0.25, 0.3) is 0 Å². The van der Waals surface area contributed by atoms with Gasteiger partial charge in [0.1, 0.15) is 5.69 Å². The van der Waals surface area contributed by atoms with Gasteiger partial charge in [-0.2, -0.15) is 0 Å². The molecule has 0 fully saturated rings. The highest BCUT2D eigenvalue weighted by Crippen LogP contribution is 2.23. The molecule has 1 heterocycles. The van der Waals surface area contributed by atoms with Crippen molar-refractivity contribution in [3.05, 3.63) is 23.1 Å². The molecule has 0 bridgehead atoms. The molecule has 15 heavy (non-hydrogen) atoms. The van der Waals surface area contributed by atoms with E-state index in [0.29, 0.717) is 21.9 Å². The van der Waals surface area contributed by atoms with Gasteiger partial charge in [-0.3, -0.25) is 4.79 Å². The number of aromatic nitrogens is 2. The lowest BCUT2D eigenvalue weighted by atomic mass is 10.3. The van der Waals surface area contributed by atoms with E-state index in [2.05, 4.69) is 15.1 Å². The average Bonchev–Trinajstić information content (AvgIpc) is 2.57. The molecule has 0 aliphatic carbocycles. The molecule has 0 amide bonds. The lowest BCUT2D eigenvalue weighted by Gasteiger charge is -1.87. The average molecular weight is 221 g/mol. The van der Waals surface area contributed by atoms with E-state index in [1.54, 1.807) is 18.2 Å². The number of H-pyrrole nitrogens is 1. The Morgan fingerprint density at radius 2 is 2.33 bits per heavy atom. The van der Waals surface area contributed by atoms with Gasteiger partial charge >= 0.3 is 0 Å². The van der Waals surface area contributed by atoms with Crippen LogP contribution in [0.5, 0.6) is 0 Å². The minimum Gasteiger partial charge on any atom is -0.332 e. The van der Waals surface area contributed by atoms with E-state index in [1.165, 1.54) is 6.92 Å². The van der Waals surface area contributed by atoms with Gasteiger partial charge in [-0.25, -0.2) is 4.98 Å². The number of imidazole rings is 1. The first kappa shape index (κ1) is 9.85. The SMILES string of the molecule is CC(=O)Sc1nc2ccc(N=O)cc2[nH]1. The predicted octanol–water partition coefficient (Wildman–Crippen LogP) is 2.60. The second kappa shape index (κ2) is 3.82. The smallest absolute Gasteiger partial charge is 0.193 e. The van der Waals surface area contributed by atoms with Crippen molar-refractivity contribution >= 4 is 33.6 Å². The van der Waals surface area contributed by atoms with Crippen LogP contribution in [0.1, 0.15) is 6.92 Å². The van der Waals surface area contributed by atoms with E-state index in [-0.39, 0.29) is 5.12 Å². The first-order valence-corrected chi connectivity index (χ1v) is 5.02. The Balaban J connectivity index is 2.46. The molecule has 0 saturated heterocycles. The van der Waals surface area contributed by atoms with Crippen molar-refractivity contribution < 1.29 is 4.79 Å². The molecule has 0 aliphatic heterocycles. The summed E-state index contributed by atoms with van der Waals surface area (Å²) in [5, 5.41) is 3.31. The van der Waals surface area contributed by atoms with Gasteiger partial charge in [0.2, 0.25) is 0 Å². The van der Waals surface area contributed by atoms with Gasteiger partial charge < -0.3 is 4.98 Å². The van der Waals surface area contributed by atoms with Crippen molar-refractivity contribution in [1.29, 1.82) is 0 Å². The number of fused-ring (bicyclic) bond motifs is 1. The Kier molecular flexibility index (Phi) is 2.51. The van der Waals surface area contributed by atoms with Crippen molar-refractivity contribution in [2.24, 2.45) is 5.18 Å². The van der Waals surface area contributed by atoms with Crippen LogP contribution in [0.4, 0.5) is 5.69 Å². The summed E-state index contributed by atoms with van der Waals surface area (Å²) in [6.45, 7) is 1.47. The third kappa shape index (κ3) is 2.04. The Morgan fingerprint density at radius 3 is 3.00 bits per heavy atom. The molecule has 76 valence electrons. The maximum Gasteiger partial charge on any atom is 0.193 e. The number of rotatable bonds is 2. The number of carbonyl (C=O) groups is 1. The van der Waals surface area contributed by atoms with E-state index in [1.807, 2.05) is 0 Å². The van der Waals surface area contributed by atoms with Crippen LogP contribution in [0.3, 0.4) is 0 Å². The molecule has 6 heteroatoms. The number of nitroso groups, excluding NO2 is 1. The van der Waals surface area contributed by atoms with Crippen molar-refractivity contribution in [2.45, 2.75) is 12.1 Å². The van der Waals surface area contributed by atoms with Crippen molar-refractivity contribution in [3.8, 4) is 0 Å². The summed E-state index contributed by atoms with van der Waals surface area (Å²) >= 11 is 1.02. The molecule has 1 aromatic carbocycles. The second-order valence-corrected chi connectivity index (χ2v) is 4.09. The van der Waals surface area contributed by atoms with Crippen LogP contribution < -0.4 is 0 Å². The Bertz CT molecular complexity index is 535. The van der Waals surface area contributed by atoms with Gasteiger partial charge in [0, 0.05) is 6.92 Å². The summed E-state index contributed by atoms with van der Waals surface area (Å²) < 4.78 is 0. The van der Waals surface area contributed by atoms with Gasteiger partial charge in [0.15, 0.2) is 10.3 Å². The predicted molar refractivity (Wildman–Crippen MR) is 58.1 cm³/mol. The van der Waals surface area contributed by atoms with Gasteiger partial charge in [-0.15, -0.1) is 4.91 Å². The van der Waals surface area contributed by atoms with Crippen LogP contribution in [-0.2, 0) is 4.79 Å². The number of hydrogen-bond donors (Lipinski definition) is 1. The van der Waals surface area contributed by atoms with Crippen LogP contribution in [0.2, 0.25) is 0 Å². The standard InChI is InChI=1S/C9H7N3O2S/c1-5(13)15-9-10-7-3-2-6(12-14)4-8(7)11-9/h2-4H,1H3,(H,10,11). The third-order valence-electron chi connectivity index (χ3n) is 1.79. The van der Waals surface area contributed by atoms with Crippen LogP contribution in [-0.4, -0.2) is 15.1 Å². The summed E-state index contributed by atoms with van der Waals surface area (Å²) in [5.41, 5.74) is 1.76. The quantitative estimate of drug-likeness (QED) is 0.624. The molecular formula is C9H7N3O2S. The topological polar surface area (TPSA) is 75.2 Å². The maximum atomic E-state index is 10.8. The molecule has 0 unspecified atom stereocenters. The van der Waals surface area contributed by atoms with Crippen molar-refractivity contribution in [1.82, 2.24) is 9.97 Å². The second-order valence-electron chi connectivity index (χ2n) is 2.93. The number of nitrogens with one attached hydrogen (secondary N) is 1. The highest BCUT2D eigenvalue weighted by molar-refractivity contribution is 8.13. The number of aromatic amines is 1. The fourth-order valence-electron chi connectivity index (χ4n) is 1.22. The molecule has 1 N–H and O–H groups in total. The Labute approximate surface area is 89.3 Å². The fourth-order valence-corrected chi connectivity index (χ4v) is 1.79. The number of carbonyl (C=O) groups excluding carboxylic acids is 1. The molecular weight excluding hydrogens is 214 g/mol. The highest BCUT2D eigenvalue weighted by Gasteiger charge is 2.06. The van der Waals surface area contributed by atoms with E-state index < -0.39 is 0 Å². The zero-order valence-electron chi connectivity index (χ0n) is 7.85. The monoisotopic (exact) mass is 221 g/mol. The third-order valence-corrected chi connectivity index (χ3v) is 2.46. The molecule has 2 rings (SSSR count). The van der Waals surface area contributed by atoms with Gasteiger partial charge in [-0.05, 0) is 35.1 Å². The normalized spacial score (nSPS) is 10.5. The summed E-state index contributed by atoms with van der Waals surface area (Å²) in [7, 11) is 0. The molecule has 0 saturated carbocycles. The Hall–Kier alpha value is -1.69. The summed E-state index contributed by atoms with van der Waals surface area (Å²) in [4.78, 5) is 28.2. The first-order chi connectivity index (χ1) is 7.19. The zero-order valence-corrected chi connectivity index (χ0v) is 8.67. The molecule has 2 aromatic rings. The van der Waals surface area contributed by atoms with Gasteiger partial charge in [-0.1, -0.05) is 0 Å². The lowest BCUT2D eigenvalue weighted by Crippen LogP contribution is -1.81. The highest BCUT2D eigenvalue weighted by atomic mass is 32.2. The summed E-state index contributed by atoms with van der Waals surface area (Å²) in [5.74, 6) is 0. The van der Waals surface area contributed by atoms with Crippen LogP contribution >= 0.6 is 11.8 Å². The van der Waals surface area contributed by atoms with Crippen molar-refractivity contribution in [2.75, 3.05) is 0 Å². The lowest BCUT2D eigenvalue weighted by molar-refractivity contribution is -0.109. The Morgan fingerprint density at radius 1 is 1.53 bits per heavy atom. The molecule has 0 spiro atoms. The largest absolute Gasteiger partial charge is 0.332 e. The van der Waals surface area contributed by atoms with Crippen LogP contribution in [0.25, 0.3) is 11.0 Å². The van der Waals surface area contributed by atoms with Gasteiger partial charge in [0.05, 0.1) is 11.0 Å². The van der Waals surface area contributed by atoms with Crippen molar-refractivity contribution in [3.63, 3.8) is 0 Å². The van der Waals surface area contributed by atoms with Crippen LogP contribution in [0, 0.1) is 4.91 Å². The minimum absolute atomic E-state index is 0.0391.